The molecule has 4 heterocycles. The van der Waals surface area contributed by atoms with Crippen LogP contribution in [0.4, 0.5) is 5.82 Å². The number of piperidine rings is 1. The van der Waals surface area contributed by atoms with Gasteiger partial charge in [0.1, 0.15) is 11.6 Å². The first-order valence-electron chi connectivity index (χ1n) is 8.86. The minimum Gasteiger partial charge on any atom is -0.356 e. The summed E-state index contributed by atoms with van der Waals surface area (Å²) in [6.45, 7) is 2.73. The molecular weight excluding hydrogens is 344 g/mol. The fourth-order valence-electron chi connectivity index (χ4n) is 3.48. The molecule has 0 amide bonds. The van der Waals surface area contributed by atoms with E-state index < -0.39 is 0 Å². The number of rotatable bonds is 5. The van der Waals surface area contributed by atoms with Crippen molar-refractivity contribution in [3.8, 4) is 0 Å². The lowest BCUT2D eigenvalue weighted by Gasteiger charge is -2.33. The predicted octanol–water partition coefficient (Wildman–Crippen LogP) is 3.22. The molecule has 0 N–H and O–H groups in total. The summed E-state index contributed by atoms with van der Waals surface area (Å²) in [5.74, 6) is 2.55. The van der Waals surface area contributed by atoms with Crippen molar-refractivity contribution in [3.05, 3.63) is 60.6 Å². The number of hydrogen-bond acceptors (Lipinski definition) is 6. The monoisotopic (exact) mass is 366 g/mol. The molecule has 0 saturated carbocycles. The molecule has 0 aliphatic carbocycles. The van der Waals surface area contributed by atoms with Crippen molar-refractivity contribution in [1.29, 1.82) is 0 Å². The number of pyridine rings is 1. The minimum atomic E-state index is 0.398. The molecule has 1 fully saturated rings. The van der Waals surface area contributed by atoms with E-state index in [9.17, 15) is 0 Å². The van der Waals surface area contributed by atoms with Gasteiger partial charge < -0.3 is 9.47 Å². The van der Waals surface area contributed by atoms with Crippen molar-refractivity contribution in [2.24, 2.45) is 0 Å². The summed E-state index contributed by atoms with van der Waals surface area (Å²) in [7, 11) is 0. The first kappa shape index (κ1) is 17.0. The quantitative estimate of drug-likeness (QED) is 0.510. The third-order valence-corrected chi connectivity index (χ3v) is 5.28. The Hall–Kier alpha value is -2.41. The van der Waals surface area contributed by atoms with Gasteiger partial charge in [-0.05, 0) is 37.3 Å². The maximum Gasteiger partial charge on any atom is 0.189 e. The Morgan fingerprint density at radius 3 is 2.92 bits per heavy atom. The van der Waals surface area contributed by atoms with Crippen LogP contribution in [0.2, 0.25) is 0 Å². The van der Waals surface area contributed by atoms with Crippen LogP contribution in [0.5, 0.6) is 0 Å². The minimum absolute atomic E-state index is 0.398. The Kier molecular flexibility index (Phi) is 5.15. The number of thioether (sulfide) groups is 1. The summed E-state index contributed by atoms with van der Waals surface area (Å²) in [5.41, 5.74) is 1.06. The topological polar surface area (TPSA) is 59.7 Å². The van der Waals surface area contributed by atoms with Gasteiger partial charge in [-0.1, -0.05) is 17.8 Å². The largest absolute Gasteiger partial charge is 0.356 e. The molecule has 1 atom stereocenters. The molecule has 1 saturated heterocycles. The van der Waals surface area contributed by atoms with E-state index in [1.165, 1.54) is 0 Å². The van der Waals surface area contributed by atoms with Crippen LogP contribution in [-0.2, 0) is 6.54 Å². The highest BCUT2D eigenvalue weighted by Gasteiger charge is 2.25. The van der Waals surface area contributed by atoms with Crippen molar-refractivity contribution in [3.63, 3.8) is 0 Å². The molecule has 1 unspecified atom stereocenters. The standard InChI is InChI=1S/C19H22N6S/c1-26-19-22-9-7-17(23-19)24-11-4-5-15(13-24)18-21-10-12-25(18)14-16-6-2-3-8-20-16/h2-3,6-10,12,15H,4-5,11,13-14H2,1H3. The van der Waals surface area contributed by atoms with E-state index in [4.69, 9.17) is 0 Å². The van der Waals surface area contributed by atoms with Gasteiger partial charge in [-0.15, -0.1) is 0 Å². The smallest absolute Gasteiger partial charge is 0.189 e. The Balaban J connectivity index is 1.52. The van der Waals surface area contributed by atoms with Crippen molar-refractivity contribution in [1.82, 2.24) is 24.5 Å². The van der Waals surface area contributed by atoms with Crippen LogP contribution >= 0.6 is 11.8 Å². The first-order chi connectivity index (χ1) is 12.8. The molecule has 0 spiro atoms. The summed E-state index contributed by atoms with van der Waals surface area (Å²) >= 11 is 1.58. The lowest BCUT2D eigenvalue weighted by Crippen LogP contribution is -2.36. The van der Waals surface area contributed by atoms with Crippen molar-refractivity contribution < 1.29 is 0 Å². The molecule has 1 aliphatic rings. The normalized spacial score (nSPS) is 17.4. The van der Waals surface area contributed by atoms with Crippen LogP contribution in [0.1, 0.15) is 30.3 Å². The summed E-state index contributed by atoms with van der Waals surface area (Å²) in [4.78, 5) is 20.4. The summed E-state index contributed by atoms with van der Waals surface area (Å²) in [6, 6.07) is 8.03. The highest BCUT2D eigenvalue weighted by Crippen LogP contribution is 2.29. The van der Waals surface area contributed by atoms with Gasteiger partial charge in [0.25, 0.3) is 0 Å². The van der Waals surface area contributed by atoms with Gasteiger partial charge in [-0.3, -0.25) is 4.98 Å². The van der Waals surface area contributed by atoms with Crippen molar-refractivity contribution in [2.45, 2.75) is 30.5 Å². The second-order valence-corrected chi connectivity index (χ2v) is 7.19. The molecule has 1 aliphatic heterocycles. The number of imidazole rings is 1. The van der Waals surface area contributed by atoms with Crippen molar-refractivity contribution >= 4 is 17.6 Å². The lowest BCUT2D eigenvalue weighted by atomic mass is 9.97. The van der Waals surface area contributed by atoms with Gasteiger partial charge in [0.2, 0.25) is 0 Å². The Morgan fingerprint density at radius 1 is 1.12 bits per heavy atom. The van der Waals surface area contributed by atoms with E-state index in [0.29, 0.717) is 5.92 Å². The summed E-state index contributed by atoms with van der Waals surface area (Å²) in [5, 5.41) is 0.821. The van der Waals surface area contributed by atoms with Crippen LogP contribution in [0.25, 0.3) is 0 Å². The van der Waals surface area contributed by atoms with Crippen LogP contribution in [0, 0.1) is 0 Å². The fraction of sp³-hybridized carbons (Fsp3) is 0.368. The average Bonchev–Trinajstić information content (AvgIpc) is 3.17. The van der Waals surface area contributed by atoms with Gasteiger partial charge in [0.05, 0.1) is 12.2 Å². The highest BCUT2D eigenvalue weighted by molar-refractivity contribution is 7.98. The van der Waals surface area contributed by atoms with E-state index in [2.05, 4.69) is 41.7 Å². The van der Waals surface area contributed by atoms with E-state index in [1.54, 1.807) is 11.8 Å². The number of aromatic nitrogens is 5. The number of anilines is 1. The van der Waals surface area contributed by atoms with E-state index >= 15 is 0 Å². The third-order valence-electron chi connectivity index (χ3n) is 4.72. The van der Waals surface area contributed by atoms with E-state index in [1.807, 2.05) is 43.0 Å². The molecular formula is C19H22N6S. The van der Waals surface area contributed by atoms with Crippen LogP contribution in [0.3, 0.4) is 0 Å². The molecule has 134 valence electrons. The average molecular weight is 366 g/mol. The summed E-state index contributed by atoms with van der Waals surface area (Å²) in [6.07, 6.45) is 11.9. The van der Waals surface area contributed by atoms with Gasteiger partial charge >= 0.3 is 0 Å². The number of nitrogens with zero attached hydrogens (tertiary/aromatic N) is 6. The molecule has 26 heavy (non-hydrogen) atoms. The van der Waals surface area contributed by atoms with Gasteiger partial charge in [0, 0.05) is 43.8 Å². The van der Waals surface area contributed by atoms with Crippen LogP contribution in [0.15, 0.2) is 54.2 Å². The molecule has 3 aromatic rings. The molecule has 0 aromatic carbocycles. The zero-order chi connectivity index (χ0) is 17.8. The van der Waals surface area contributed by atoms with E-state index in [-0.39, 0.29) is 0 Å². The van der Waals surface area contributed by atoms with Crippen molar-refractivity contribution in [2.75, 3.05) is 24.2 Å². The molecule has 4 rings (SSSR count). The SMILES string of the molecule is CSc1nccc(N2CCCC(c3nccn3Cc3ccccn3)C2)n1. The lowest BCUT2D eigenvalue weighted by molar-refractivity contribution is 0.472. The summed E-state index contributed by atoms with van der Waals surface area (Å²) < 4.78 is 2.23. The predicted molar refractivity (Wildman–Crippen MR) is 104 cm³/mol. The van der Waals surface area contributed by atoms with Crippen LogP contribution < -0.4 is 4.90 Å². The second kappa shape index (κ2) is 7.86. The Labute approximate surface area is 157 Å². The van der Waals surface area contributed by atoms with Gasteiger partial charge in [0.15, 0.2) is 5.16 Å². The maximum absolute atomic E-state index is 4.67. The molecule has 3 aromatic heterocycles. The first-order valence-corrected chi connectivity index (χ1v) is 10.1. The molecule has 0 radical (unpaired) electrons. The Bertz CT molecular complexity index is 850. The molecule has 7 heteroatoms. The zero-order valence-electron chi connectivity index (χ0n) is 14.8. The molecule has 0 bridgehead atoms. The van der Waals surface area contributed by atoms with Gasteiger partial charge in [-0.2, -0.15) is 0 Å². The highest BCUT2D eigenvalue weighted by atomic mass is 32.2. The van der Waals surface area contributed by atoms with E-state index in [0.717, 1.165) is 55.0 Å². The number of hydrogen-bond donors (Lipinski definition) is 0. The third kappa shape index (κ3) is 3.72. The van der Waals surface area contributed by atoms with Gasteiger partial charge in [-0.25, -0.2) is 15.0 Å². The maximum atomic E-state index is 4.67. The second-order valence-electron chi connectivity index (χ2n) is 6.42. The van der Waals surface area contributed by atoms with Crippen LogP contribution in [-0.4, -0.2) is 43.8 Å². The Morgan fingerprint density at radius 2 is 2.08 bits per heavy atom. The fourth-order valence-corrected chi connectivity index (χ4v) is 3.83. The zero-order valence-corrected chi connectivity index (χ0v) is 15.6. The molecule has 6 nitrogen and oxygen atoms in total.